The summed E-state index contributed by atoms with van der Waals surface area (Å²) in [5.41, 5.74) is 1.14. The summed E-state index contributed by atoms with van der Waals surface area (Å²) < 4.78 is 5.53. The maximum atomic E-state index is 11.8. The van der Waals surface area contributed by atoms with Crippen LogP contribution in [0.15, 0.2) is 24.3 Å². The molecular weight excluding hydrogens is 230 g/mol. The van der Waals surface area contributed by atoms with Crippen LogP contribution >= 0.6 is 0 Å². The number of aliphatic hydroxyl groups is 1. The molecule has 1 N–H and O–H groups in total. The largest absolute Gasteiger partial charge is 0.493 e. The number of amides is 1. The first kappa shape index (κ1) is 12.9. The first-order valence-electron chi connectivity index (χ1n) is 6.30. The van der Waals surface area contributed by atoms with Crippen molar-refractivity contribution in [3.63, 3.8) is 0 Å². The van der Waals surface area contributed by atoms with Crippen molar-refractivity contribution < 1.29 is 14.6 Å². The molecule has 4 heteroatoms. The average Bonchev–Trinajstić information content (AvgIpc) is 2.76. The number of rotatable bonds is 4. The van der Waals surface area contributed by atoms with Crippen LogP contribution in [0.4, 0.5) is 0 Å². The second kappa shape index (κ2) is 5.87. The number of aryl methyl sites for hydroxylation is 1. The quantitative estimate of drug-likeness (QED) is 0.876. The zero-order valence-electron chi connectivity index (χ0n) is 10.6. The predicted octanol–water partition coefficient (Wildman–Crippen LogP) is 1.36. The molecule has 98 valence electrons. The molecule has 0 aliphatic carbocycles. The third-order valence-corrected chi connectivity index (χ3v) is 3.09. The van der Waals surface area contributed by atoms with Crippen molar-refractivity contribution in [2.45, 2.75) is 25.9 Å². The monoisotopic (exact) mass is 249 g/mol. The molecule has 1 unspecified atom stereocenters. The van der Waals surface area contributed by atoms with E-state index in [0.29, 0.717) is 32.5 Å². The Balaban J connectivity index is 1.73. The Kier molecular flexibility index (Phi) is 4.20. The van der Waals surface area contributed by atoms with Gasteiger partial charge in [-0.1, -0.05) is 12.1 Å². The number of hydrogen-bond acceptors (Lipinski definition) is 3. The standard InChI is InChI=1S/C14H19NO3/c1-11-3-2-4-13(9-11)18-8-6-14(17)15-7-5-12(16)10-15/h2-4,9,12,16H,5-8,10H2,1H3. The molecule has 4 nitrogen and oxygen atoms in total. The number of carbonyl (C=O) groups excluding carboxylic acids is 1. The molecule has 0 radical (unpaired) electrons. The minimum Gasteiger partial charge on any atom is -0.493 e. The van der Waals surface area contributed by atoms with Crippen molar-refractivity contribution >= 4 is 5.91 Å². The molecule has 0 saturated carbocycles. The molecule has 1 aromatic carbocycles. The van der Waals surface area contributed by atoms with E-state index in [0.717, 1.165) is 11.3 Å². The van der Waals surface area contributed by atoms with Gasteiger partial charge in [0.1, 0.15) is 5.75 Å². The smallest absolute Gasteiger partial charge is 0.226 e. The van der Waals surface area contributed by atoms with Crippen LogP contribution in [0, 0.1) is 6.92 Å². The molecule has 0 aromatic heterocycles. The van der Waals surface area contributed by atoms with Gasteiger partial charge in [0.05, 0.1) is 19.1 Å². The number of ether oxygens (including phenoxy) is 1. The topological polar surface area (TPSA) is 49.8 Å². The van der Waals surface area contributed by atoms with E-state index in [2.05, 4.69) is 0 Å². The van der Waals surface area contributed by atoms with Gasteiger partial charge in [0.25, 0.3) is 0 Å². The fourth-order valence-corrected chi connectivity index (χ4v) is 2.09. The number of β-amino-alcohol motifs (C(OH)–C–C–N with tert-alkyl or cyclic N) is 1. The molecule has 18 heavy (non-hydrogen) atoms. The van der Waals surface area contributed by atoms with Crippen molar-refractivity contribution in [3.05, 3.63) is 29.8 Å². The summed E-state index contributed by atoms with van der Waals surface area (Å²) in [6, 6.07) is 7.77. The molecule has 1 aliphatic heterocycles. The number of nitrogens with zero attached hydrogens (tertiary/aromatic N) is 1. The van der Waals surface area contributed by atoms with Crippen molar-refractivity contribution in [1.82, 2.24) is 4.90 Å². The number of benzene rings is 1. The lowest BCUT2D eigenvalue weighted by Crippen LogP contribution is -2.30. The first-order chi connectivity index (χ1) is 8.65. The van der Waals surface area contributed by atoms with E-state index in [9.17, 15) is 9.90 Å². The number of aliphatic hydroxyl groups excluding tert-OH is 1. The Morgan fingerprint density at radius 2 is 2.39 bits per heavy atom. The highest BCUT2D eigenvalue weighted by Gasteiger charge is 2.23. The lowest BCUT2D eigenvalue weighted by Gasteiger charge is -2.15. The van der Waals surface area contributed by atoms with Gasteiger partial charge in [0.15, 0.2) is 0 Å². The Morgan fingerprint density at radius 3 is 3.06 bits per heavy atom. The summed E-state index contributed by atoms with van der Waals surface area (Å²) in [6.45, 7) is 3.51. The van der Waals surface area contributed by atoms with Crippen molar-refractivity contribution in [2.24, 2.45) is 0 Å². The van der Waals surface area contributed by atoms with E-state index in [1.807, 2.05) is 31.2 Å². The molecule has 1 amide bonds. The fourth-order valence-electron chi connectivity index (χ4n) is 2.09. The van der Waals surface area contributed by atoms with E-state index in [4.69, 9.17) is 4.74 Å². The first-order valence-corrected chi connectivity index (χ1v) is 6.30. The maximum Gasteiger partial charge on any atom is 0.226 e. The summed E-state index contributed by atoms with van der Waals surface area (Å²) in [5, 5.41) is 9.36. The number of carbonyl (C=O) groups is 1. The van der Waals surface area contributed by atoms with E-state index in [1.165, 1.54) is 0 Å². The van der Waals surface area contributed by atoms with E-state index in [-0.39, 0.29) is 12.0 Å². The highest BCUT2D eigenvalue weighted by atomic mass is 16.5. The van der Waals surface area contributed by atoms with E-state index in [1.54, 1.807) is 4.90 Å². The van der Waals surface area contributed by atoms with Crippen LogP contribution in [0.25, 0.3) is 0 Å². The second-order valence-corrected chi connectivity index (χ2v) is 4.70. The van der Waals surface area contributed by atoms with Crippen molar-refractivity contribution in [2.75, 3.05) is 19.7 Å². The van der Waals surface area contributed by atoms with Gasteiger partial charge in [-0.25, -0.2) is 0 Å². The number of likely N-dealkylation sites (tertiary alicyclic amines) is 1. The number of hydrogen-bond donors (Lipinski definition) is 1. The van der Waals surface area contributed by atoms with Crippen LogP contribution in [0.5, 0.6) is 5.75 Å². The van der Waals surface area contributed by atoms with Crippen molar-refractivity contribution in [3.8, 4) is 5.75 Å². The molecule has 1 aliphatic rings. The average molecular weight is 249 g/mol. The molecular formula is C14H19NO3. The molecule has 2 rings (SSSR count). The van der Waals surface area contributed by atoms with Crippen LogP contribution in [0.3, 0.4) is 0 Å². The SMILES string of the molecule is Cc1cccc(OCCC(=O)N2CCC(O)C2)c1. The van der Waals surface area contributed by atoms with Gasteiger partial charge in [0, 0.05) is 13.1 Å². The van der Waals surface area contributed by atoms with E-state index < -0.39 is 0 Å². The highest BCUT2D eigenvalue weighted by Crippen LogP contribution is 2.14. The molecule has 1 aromatic rings. The predicted molar refractivity (Wildman–Crippen MR) is 68.5 cm³/mol. The van der Waals surface area contributed by atoms with Gasteiger partial charge in [-0.05, 0) is 31.0 Å². The lowest BCUT2D eigenvalue weighted by atomic mass is 10.2. The van der Waals surface area contributed by atoms with Crippen LogP contribution in [0.1, 0.15) is 18.4 Å². The second-order valence-electron chi connectivity index (χ2n) is 4.70. The summed E-state index contributed by atoms with van der Waals surface area (Å²) in [6.07, 6.45) is 0.692. The van der Waals surface area contributed by atoms with Crippen LogP contribution in [0.2, 0.25) is 0 Å². The zero-order valence-corrected chi connectivity index (χ0v) is 10.6. The minimum absolute atomic E-state index is 0.0548. The van der Waals surface area contributed by atoms with E-state index >= 15 is 0 Å². The molecule has 1 heterocycles. The van der Waals surface area contributed by atoms with Gasteiger partial charge in [-0.15, -0.1) is 0 Å². The Labute approximate surface area is 107 Å². The molecule has 1 atom stereocenters. The van der Waals surface area contributed by atoms with Gasteiger partial charge in [-0.2, -0.15) is 0 Å². The van der Waals surface area contributed by atoms with Gasteiger partial charge in [-0.3, -0.25) is 4.79 Å². The molecule has 0 bridgehead atoms. The molecule has 0 spiro atoms. The van der Waals surface area contributed by atoms with Crippen LogP contribution < -0.4 is 4.74 Å². The Morgan fingerprint density at radius 1 is 1.56 bits per heavy atom. The van der Waals surface area contributed by atoms with Crippen LogP contribution in [-0.2, 0) is 4.79 Å². The Bertz CT molecular complexity index is 419. The molecule has 1 fully saturated rings. The molecule has 1 saturated heterocycles. The lowest BCUT2D eigenvalue weighted by molar-refractivity contribution is -0.131. The Hall–Kier alpha value is -1.55. The summed E-state index contributed by atoms with van der Waals surface area (Å²) >= 11 is 0. The highest BCUT2D eigenvalue weighted by molar-refractivity contribution is 5.76. The van der Waals surface area contributed by atoms with Crippen molar-refractivity contribution in [1.29, 1.82) is 0 Å². The van der Waals surface area contributed by atoms with Gasteiger partial charge < -0.3 is 14.7 Å². The third-order valence-electron chi connectivity index (χ3n) is 3.09. The van der Waals surface area contributed by atoms with Crippen LogP contribution in [-0.4, -0.2) is 41.7 Å². The summed E-state index contributed by atoms with van der Waals surface area (Å²) in [5.74, 6) is 0.850. The third kappa shape index (κ3) is 3.47. The maximum absolute atomic E-state index is 11.8. The minimum atomic E-state index is -0.355. The summed E-state index contributed by atoms with van der Waals surface area (Å²) in [7, 11) is 0. The fraction of sp³-hybridized carbons (Fsp3) is 0.500. The normalized spacial score (nSPS) is 19.0. The zero-order chi connectivity index (χ0) is 13.0. The summed E-state index contributed by atoms with van der Waals surface area (Å²) in [4.78, 5) is 13.5. The van der Waals surface area contributed by atoms with Gasteiger partial charge >= 0.3 is 0 Å². The van der Waals surface area contributed by atoms with Gasteiger partial charge in [0.2, 0.25) is 5.91 Å².